The van der Waals surface area contributed by atoms with Gasteiger partial charge in [-0.1, -0.05) is 0 Å². The highest BCUT2D eigenvalue weighted by Crippen LogP contribution is 2.17. The van der Waals surface area contributed by atoms with Gasteiger partial charge in [-0.2, -0.15) is 0 Å². The van der Waals surface area contributed by atoms with Gasteiger partial charge in [0.25, 0.3) is 0 Å². The monoisotopic (exact) mass is 242 g/mol. The summed E-state index contributed by atoms with van der Waals surface area (Å²) in [6, 6.07) is 2.26. The quantitative estimate of drug-likeness (QED) is 0.825. The van der Waals surface area contributed by atoms with Gasteiger partial charge in [0.1, 0.15) is 0 Å². The average Bonchev–Trinajstić information content (AvgIpc) is 2.35. The second-order valence-electron chi connectivity index (χ2n) is 4.22. The van der Waals surface area contributed by atoms with Crippen LogP contribution in [0.25, 0.3) is 0 Å². The van der Waals surface area contributed by atoms with Gasteiger partial charge in [0.15, 0.2) is 11.6 Å². The molecule has 1 saturated heterocycles. The molecule has 1 aliphatic rings. The topological polar surface area (TPSA) is 35.5 Å². The molecule has 3 nitrogen and oxygen atoms in total. The average molecular weight is 242 g/mol. The smallest absolute Gasteiger partial charge is 0.159 e. The Morgan fingerprint density at radius 2 is 1.71 bits per heavy atom. The third-order valence-electron chi connectivity index (χ3n) is 3.02. The molecule has 1 aliphatic heterocycles. The van der Waals surface area contributed by atoms with Crippen molar-refractivity contribution >= 4 is 0 Å². The molecule has 1 aromatic carbocycles. The van der Waals surface area contributed by atoms with Crippen LogP contribution in [0.5, 0.6) is 0 Å². The first-order chi connectivity index (χ1) is 8.20. The minimum absolute atomic E-state index is 0.265. The molecule has 0 radical (unpaired) electrons. The predicted molar refractivity (Wildman–Crippen MR) is 60.4 cm³/mol. The fourth-order valence-corrected chi connectivity index (χ4v) is 2.03. The molecular weight excluding hydrogens is 226 g/mol. The SMILES string of the molecule is OCc1cc(F)c(F)cc1CN1CCNCC1. The van der Waals surface area contributed by atoms with Gasteiger partial charge in [-0.15, -0.1) is 0 Å². The molecule has 94 valence electrons. The van der Waals surface area contributed by atoms with Crippen molar-refractivity contribution in [2.24, 2.45) is 0 Å². The minimum Gasteiger partial charge on any atom is -0.392 e. The number of halogens is 2. The number of aliphatic hydroxyl groups excluding tert-OH is 1. The van der Waals surface area contributed by atoms with Crippen LogP contribution in [0.15, 0.2) is 12.1 Å². The molecule has 0 amide bonds. The molecular formula is C12H16F2N2O. The molecule has 0 aliphatic carbocycles. The highest BCUT2D eigenvalue weighted by molar-refractivity contribution is 5.28. The van der Waals surface area contributed by atoms with E-state index in [0.717, 1.165) is 32.2 Å². The lowest BCUT2D eigenvalue weighted by Crippen LogP contribution is -2.43. The summed E-state index contributed by atoms with van der Waals surface area (Å²) in [5.74, 6) is -1.76. The summed E-state index contributed by atoms with van der Waals surface area (Å²) in [5.41, 5.74) is 1.12. The number of aliphatic hydroxyl groups is 1. The van der Waals surface area contributed by atoms with Gasteiger partial charge in [0, 0.05) is 32.7 Å². The van der Waals surface area contributed by atoms with E-state index in [9.17, 15) is 8.78 Å². The van der Waals surface area contributed by atoms with Crippen molar-refractivity contribution in [3.63, 3.8) is 0 Å². The molecule has 0 unspecified atom stereocenters. The van der Waals surface area contributed by atoms with E-state index < -0.39 is 11.6 Å². The van der Waals surface area contributed by atoms with Crippen molar-refractivity contribution in [2.45, 2.75) is 13.2 Å². The van der Waals surface area contributed by atoms with Crippen LogP contribution in [0.2, 0.25) is 0 Å². The van der Waals surface area contributed by atoms with E-state index >= 15 is 0 Å². The van der Waals surface area contributed by atoms with Crippen LogP contribution in [0.3, 0.4) is 0 Å². The number of nitrogens with one attached hydrogen (secondary N) is 1. The normalized spacial score (nSPS) is 17.4. The fourth-order valence-electron chi connectivity index (χ4n) is 2.03. The first-order valence-electron chi connectivity index (χ1n) is 5.71. The largest absolute Gasteiger partial charge is 0.392 e. The maximum absolute atomic E-state index is 13.2. The maximum atomic E-state index is 13.2. The van der Waals surface area contributed by atoms with Crippen molar-refractivity contribution in [1.82, 2.24) is 10.2 Å². The Hall–Kier alpha value is -1.04. The van der Waals surface area contributed by atoms with Crippen LogP contribution in [0.4, 0.5) is 8.78 Å². The molecule has 2 N–H and O–H groups in total. The third-order valence-corrected chi connectivity index (χ3v) is 3.02. The Morgan fingerprint density at radius 1 is 1.12 bits per heavy atom. The Kier molecular flexibility index (Phi) is 4.04. The molecule has 0 bridgehead atoms. The lowest BCUT2D eigenvalue weighted by molar-refractivity contribution is 0.228. The van der Waals surface area contributed by atoms with Crippen molar-refractivity contribution < 1.29 is 13.9 Å². The summed E-state index contributed by atoms with van der Waals surface area (Å²) in [6.45, 7) is 3.84. The summed E-state index contributed by atoms with van der Waals surface area (Å²) in [5, 5.41) is 12.4. The second-order valence-corrected chi connectivity index (χ2v) is 4.22. The maximum Gasteiger partial charge on any atom is 0.159 e. The van der Waals surface area contributed by atoms with E-state index in [1.807, 2.05) is 0 Å². The summed E-state index contributed by atoms with van der Waals surface area (Å²) in [7, 11) is 0. The molecule has 17 heavy (non-hydrogen) atoms. The molecule has 0 saturated carbocycles. The zero-order chi connectivity index (χ0) is 12.3. The summed E-state index contributed by atoms with van der Waals surface area (Å²) in [6.07, 6.45) is 0. The zero-order valence-corrected chi connectivity index (χ0v) is 9.55. The van der Waals surface area contributed by atoms with E-state index in [1.54, 1.807) is 0 Å². The van der Waals surface area contributed by atoms with Crippen LogP contribution < -0.4 is 5.32 Å². The molecule has 0 atom stereocenters. The number of hydrogen-bond acceptors (Lipinski definition) is 3. The van der Waals surface area contributed by atoms with Gasteiger partial charge in [-0.05, 0) is 23.3 Å². The molecule has 0 spiro atoms. The molecule has 1 fully saturated rings. The third kappa shape index (κ3) is 3.00. The van der Waals surface area contributed by atoms with Crippen LogP contribution in [0, 0.1) is 11.6 Å². The number of benzene rings is 1. The molecule has 1 aromatic rings. The van der Waals surface area contributed by atoms with Crippen LogP contribution >= 0.6 is 0 Å². The highest BCUT2D eigenvalue weighted by atomic mass is 19.2. The van der Waals surface area contributed by atoms with Crippen molar-refractivity contribution in [3.05, 3.63) is 34.9 Å². The first kappa shape index (κ1) is 12.4. The van der Waals surface area contributed by atoms with Crippen molar-refractivity contribution in [3.8, 4) is 0 Å². The van der Waals surface area contributed by atoms with Crippen molar-refractivity contribution in [1.29, 1.82) is 0 Å². The lowest BCUT2D eigenvalue weighted by atomic mass is 10.1. The van der Waals surface area contributed by atoms with Crippen LogP contribution in [-0.2, 0) is 13.2 Å². The Labute approximate surface area is 99.1 Å². The van der Waals surface area contributed by atoms with Gasteiger partial charge >= 0.3 is 0 Å². The predicted octanol–water partition coefficient (Wildman–Crippen LogP) is 0.862. The van der Waals surface area contributed by atoms with E-state index in [-0.39, 0.29) is 6.61 Å². The van der Waals surface area contributed by atoms with Gasteiger partial charge in [0.05, 0.1) is 6.61 Å². The second kappa shape index (κ2) is 5.53. The van der Waals surface area contributed by atoms with Gasteiger partial charge < -0.3 is 10.4 Å². The number of rotatable bonds is 3. The van der Waals surface area contributed by atoms with Gasteiger partial charge in [-0.25, -0.2) is 8.78 Å². The van der Waals surface area contributed by atoms with E-state index in [1.165, 1.54) is 6.07 Å². The van der Waals surface area contributed by atoms with E-state index in [2.05, 4.69) is 10.2 Å². The Morgan fingerprint density at radius 3 is 2.29 bits per heavy atom. The van der Waals surface area contributed by atoms with E-state index in [0.29, 0.717) is 17.7 Å². The number of hydrogen-bond donors (Lipinski definition) is 2. The van der Waals surface area contributed by atoms with Crippen LogP contribution in [0.1, 0.15) is 11.1 Å². The molecule has 2 rings (SSSR count). The molecule has 0 aromatic heterocycles. The lowest BCUT2D eigenvalue weighted by Gasteiger charge is -2.27. The number of nitrogens with zero attached hydrogens (tertiary/aromatic N) is 1. The van der Waals surface area contributed by atoms with E-state index in [4.69, 9.17) is 5.11 Å². The highest BCUT2D eigenvalue weighted by Gasteiger charge is 2.14. The molecule has 1 heterocycles. The summed E-state index contributed by atoms with van der Waals surface area (Å²) in [4.78, 5) is 2.16. The first-order valence-corrected chi connectivity index (χ1v) is 5.71. The van der Waals surface area contributed by atoms with Crippen LogP contribution in [-0.4, -0.2) is 36.2 Å². The summed E-state index contributed by atoms with van der Waals surface area (Å²) >= 11 is 0. The Balaban J connectivity index is 2.15. The minimum atomic E-state index is -0.905. The Bertz CT molecular complexity index is 392. The van der Waals surface area contributed by atoms with Crippen molar-refractivity contribution in [2.75, 3.05) is 26.2 Å². The number of piperazine rings is 1. The molecule has 5 heteroatoms. The van der Waals surface area contributed by atoms with Gasteiger partial charge in [0.2, 0.25) is 0 Å². The fraction of sp³-hybridized carbons (Fsp3) is 0.500. The van der Waals surface area contributed by atoms with Gasteiger partial charge in [-0.3, -0.25) is 4.90 Å². The standard InChI is InChI=1S/C12H16F2N2O/c13-11-5-9(10(8-17)6-12(11)14)7-16-3-1-15-2-4-16/h5-6,15,17H,1-4,7-8H2. The zero-order valence-electron chi connectivity index (χ0n) is 9.55. The summed E-state index contributed by atoms with van der Waals surface area (Å²) < 4.78 is 26.2.